The Kier molecular flexibility index (Phi) is 7.24. The molecule has 0 aliphatic heterocycles. The van der Waals surface area contributed by atoms with E-state index in [4.69, 9.17) is 7.35 Å². The van der Waals surface area contributed by atoms with Crippen molar-refractivity contribution in [2.75, 3.05) is 0 Å². The molecule has 0 amide bonds. The van der Waals surface area contributed by atoms with Crippen molar-refractivity contribution in [2.24, 2.45) is 0 Å². The normalized spacial score (nSPS) is 19.2. The van der Waals surface area contributed by atoms with Crippen LogP contribution >= 0.6 is 0 Å². The molecule has 0 radical (unpaired) electrons. The Balaban J connectivity index is 0.000000424. The van der Waals surface area contributed by atoms with E-state index in [1.807, 2.05) is 6.08 Å². The Labute approximate surface area is 85.7 Å². The molecule has 3 nitrogen and oxygen atoms in total. The van der Waals surface area contributed by atoms with Crippen LogP contribution in [0.25, 0.3) is 0 Å². The Bertz CT molecular complexity index is 179. The molecule has 0 spiro atoms. The molecule has 0 atom stereocenters. The molecule has 4 heteroatoms. The number of hydrogen-bond donors (Lipinski definition) is 1. The molecule has 0 aromatic carbocycles. The van der Waals surface area contributed by atoms with Gasteiger partial charge in [-0.25, -0.2) is 0 Å². The van der Waals surface area contributed by atoms with Gasteiger partial charge in [0.2, 0.25) is 0 Å². The molecule has 0 unspecified atom stereocenters. The molecule has 1 N–H and O–H groups in total. The first-order valence-corrected chi connectivity index (χ1v) is 5.61. The van der Waals surface area contributed by atoms with Gasteiger partial charge >= 0.3 is 23.5 Å². The first-order chi connectivity index (χ1) is 6.18. The Morgan fingerprint density at radius 1 is 1.31 bits per heavy atom. The van der Waals surface area contributed by atoms with Crippen molar-refractivity contribution < 1.29 is 28.6 Å². The van der Waals surface area contributed by atoms with Crippen molar-refractivity contribution in [3.05, 3.63) is 12.7 Å². The Morgan fingerprint density at radius 2 is 1.77 bits per heavy atom. The Morgan fingerprint density at radius 3 is 2.15 bits per heavy atom. The van der Waals surface area contributed by atoms with Crippen LogP contribution < -0.4 is 0 Å². The van der Waals surface area contributed by atoms with Crippen LogP contribution in [-0.2, 0) is 23.5 Å². The average molecular weight is 223 g/mol. The van der Waals surface area contributed by atoms with Gasteiger partial charge < -0.3 is 5.11 Å². The van der Waals surface area contributed by atoms with Crippen LogP contribution in [0.3, 0.4) is 0 Å². The zero-order valence-electron chi connectivity index (χ0n) is 7.74. The summed E-state index contributed by atoms with van der Waals surface area (Å²) < 4.78 is 16.9. The molecule has 1 rings (SSSR count). The second-order valence-corrected chi connectivity index (χ2v) is 3.59. The third-order valence-corrected chi connectivity index (χ3v) is 2.31. The molecule has 0 saturated heterocycles. The van der Waals surface area contributed by atoms with Gasteiger partial charge in [0.25, 0.3) is 0 Å². The zero-order chi connectivity index (χ0) is 10.2. The number of rotatable bonds is 2. The van der Waals surface area contributed by atoms with E-state index in [9.17, 15) is 5.11 Å². The van der Waals surface area contributed by atoms with Crippen molar-refractivity contribution >= 4 is 0 Å². The molecule has 0 aromatic heterocycles. The summed E-state index contributed by atoms with van der Waals surface area (Å²) in [5.74, 6) is 0. The SMILES string of the molecule is C=CCC1(O)CCCCC1.[O]=[V]=[O]. The predicted molar refractivity (Wildman–Crippen MR) is 44.2 cm³/mol. The average Bonchev–Trinajstić information content (AvgIpc) is 2.06. The first kappa shape index (κ1) is 12.9. The monoisotopic (exact) mass is 223 g/mol. The molecular formula is C9H16O3V. The van der Waals surface area contributed by atoms with Crippen molar-refractivity contribution in [3.63, 3.8) is 0 Å². The van der Waals surface area contributed by atoms with Gasteiger partial charge in [0.05, 0.1) is 5.60 Å². The second kappa shape index (κ2) is 7.30. The summed E-state index contributed by atoms with van der Waals surface area (Å²) in [5, 5.41) is 9.80. The fourth-order valence-corrected chi connectivity index (χ4v) is 1.68. The van der Waals surface area contributed by atoms with Crippen LogP contribution in [0.1, 0.15) is 38.5 Å². The molecule has 75 valence electrons. The first-order valence-electron chi connectivity index (χ1n) is 4.47. The summed E-state index contributed by atoms with van der Waals surface area (Å²) in [6.07, 6.45) is 8.20. The van der Waals surface area contributed by atoms with E-state index in [1.165, 1.54) is 19.3 Å². The fraction of sp³-hybridized carbons (Fsp3) is 0.778. The van der Waals surface area contributed by atoms with Crippen LogP contribution in [0.4, 0.5) is 0 Å². The number of hydrogen-bond acceptors (Lipinski definition) is 3. The second-order valence-electron chi connectivity index (χ2n) is 3.35. The van der Waals surface area contributed by atoms with Gasteiger partial charge in [0, 0.05) is 0 Å². The summed E-state index contributed by atoms with van der Waals surface area (Å²) in [6, 6.07) is 0. The maximum absolute atomic E-state index is 9.80. The van der Waals surface area contributed by atoms with Crippen molar-refractivity contribution in [1.29, 1.82) is 0 Å². The van der Waals surface area contributed by atoms with Gasteiger partial charge in [-0.1, -0.05) is 25.3 Å². The Hall–Kier alpha value is -0.116. The van der Waals surface area contributed by atoms with Crippen LogP contribution in [0.2, 0.25) is 0 Å². The van der Waals surface area contributed by atoms with Crippen LogP contribution in [0.15, 0.2) is 12.7 Å². The minimum absolute atomic E-state index is 0.389. The summed E-state index contributed by atoms with van der Waals surface area (Å²) in [4.78, 5) is 0. The summed E-state index contributed by atoms with van der Waals surface area (Å²) >= 11 is -1.81. The van der Waals surface area contributed by atoms with E-state index in [-0.39, 0.29) is 5.60 Å². The molecule has 0 heterocycles. The summed E-state index contributed by atoms with van der Waals surface area (Å²) in [7, 11) is 0. The van der Waals surface area contributed by atoms with E-state index in [0.29, 0.717) is 0 Å². The van der Waals surface area contributed by atoms with E-state index in [0.717, 1.165) is 19.3 Å². The van der Waals surface area contributed by atoms with Gasteiger partial charge in [0.15, 0.2) is 0 Å². The van der Waals surface area contributed by atoms with Gasteiger partial charge in [-0.05, 0) is 19.3 Å². The van der Waals surface area contributed by atoms with Crippen molar-refractivity contribution in [2.45, 2.75) is 44.1 Å². The summed E-state index contributed by atoms with van der Waals surface area (Å²) in [6.45, 7) is 3.64. The van der Waals surface area contributed by atoms with Gasteiger partial charge in [-0.15, -0.1) is 6.58 Å². The van der Waals surface area contributed by atoms with E-state index >= 15 is 0 Å². The van der Waals surface area contributed by atoms with E-state index < -0.39 is 16.2 Å². The quantitative estimate of drug-likeness (QED) is 0.728. The van der Waals surface area contributed by atoms with Gasteiger partial charge in [-0.2, -0.15) is 0 Å². The molecule has 1 aliphatic rings. The van der Waals surface area contributed by atoms with Crippen LogP contribution in [0.5, 0.6) is 0 Å². The van der Waals surface area contributed by atoms with Gasteiger partial charge in [0.1, 0.15) is 0 Å². The van der Waals surface area contributed by atoms with Crippen LogP contribution in [0, 0.1) is 0 Å². The number of aliphatic hydroxyl groups is 1. The molecule has 0 aromatic rings. The fourth-order valence-electron chi connectivity index (χ4n) is 1.68. The third kappa shape index (κ3) is 6.02. The molecule has 0 bridgehead atoms. The molecular weight excluding hydrogens is 207 g/mol. The summed E-state index contributed by atoms with van der Waals surface area (Å²) in [5.41, 5.74) is -0.389. The zero-order valence-corrected chi connectivity index (χ0v) is 9.13. The van der Waals surface area contributed by atoms with E-state index in [1.54, 1.807) is 0 Å². The molecule has 1 saturated carbocycles. The molecule has 1 fully saturated rings. The third-order valence-electron chi connectivity index (χ3n) is 2.31. The minimum atomic E-state index is -1.81. The standard InChI is InChI=1S/C9H16O.2O.V/c1-2-6-9(10)7-4-3-5-8-9;;;/h2,10H,1,3-8H2;;;. The molecule has 1 aliphatic carbocycles. The van der Waals surface area contributed by atoms with Crippen molar-refractivity contribution in [3.8, 4) is 0 Å². The molecule has 13 heavy (non-hydrogen) atoms. The predicted octanol–water partition coefficient (Wildman–Crippen LogP) is 2.02. The van der Waals surface area contributed by atoms with E-state index in [2.05, 4.69) is 6.58 Å². The van der Waals surface area contributed by atoms with Crippen molar-refractivity contribution in [1.82, 2.24) is 0 Å². The van der Waals surface area contributed by atoms with Crippen LogP contribution in [-0.4, -0.2) is 10.7 Å². The topological polar surface area (TPSA) is 54.4 Å². The maximum atomic E-state index is 9.80. The van der Waals surface area contributed by atoms with Gasteiger partial charge in [-0.3, -0.25) is 0 Å².